The quantitative estimate of drug-likeness (QED) is 0.503. The Morgan fingerprint density at radius 3 is 2.11 bits per heavy atom. The second-order valence-corrected chi connectivity index (χ2v) is 5.34. The maximum atomic E-state index is 3.39. The summed E-state index contributed by atoms with van der Waals surface area (Å²) in [5.74, 6) is 0.902. The highest BCUT2D eigenvalue weighted by atomic mass is 15.1. The van der Waals surface area contributed by atoms with Gasteiger partial charge in [-0.25, -0.2) is 0 Å². The molecule has 2 heteroatoms. The van der Waals surface area contributed by atoms with E-state index in [-0.39, 0.29) is 0 Å². The van der Waals surface area contributed by atoms with Crippen LogP contribution in [0.25, 0.3) is 0 Å². The zero-order valence-corrected chi connectivity index (χ0v) is 13.3. The van der Waals surface area contributed by atoms with Crippen molar-refractivity contribution in [3.63, 3.8) is 0 Å². The molecule has 0 saturated heterocycles. The minimum Gasteiger partial charge on any atom is -0.317 e. The van der Waals surface area contributed by atoms with Crippen LogP contribution in [-0.2, 0) is 0 Å². The molecule has 0 radical (unpaired) electrons. The summed E-state index contributed by atoms with van der Waals surface area (Å²) >= 11 is 0. The smallest absolute Gasteiger partial charge is 0.000934 e. The van der Waals surface area contributed by atoms with Crippen LogP contribution in [0.1, 0.15) is 66.2 Å². The molecule has 0 amide bonds. The topological polar surface area (TPSA) is 15.3 Å². The summed E-state index contributed by atoms with van der Waals surface area (Å²) in [6.45, 7) is 15.2. The highest BCUT2D eigenvalue weighted by Gasteiger charge is 2.09. The van der Waals surface area contributed by atoms with E-state index in [1.165, 1.54) is 64.7 Å². The molecule has 0 aromatic rings. The van der Waals surface area contributed by atoms with E-state index in [9.17, 15) is 0 Å². The van der Waals surface area contributed by atoms with E-state index in [4.69, 9.17) is 0 Å². The highest BCUT2D eigenvalue weighted by Crippen LogP contribution is 2.11. The molecule has 0 saturated carbocycles. The molecule has 1 N–H and O–H groups in total. The van der Waals surface area contributed by atoms with Crippen LogP contribution in [0, 0.1) is 5.92 Å². The molecule has 0 aliphatic rings. The van der Waals surface area contributed by atoms with Gasteiger partial charge in [-0.3, -0.25) is 0 Å². The third kappa shape index (κ3) is 9.90. The number of hydrogen-bond donors (Lipinski definition) is 1. The fourth-order valence-corrected chi connectivity index (χ4v) is 2.41. The van der Waals surface area contributed by atoms with Crippen molar-refractivity contribution >= 4 is 0 Å². The number of nitrogens with one attached hydrogen (secondary N) is 1. The summed E-state index contributed by atoms with van der Waals surface area (Å²) < 4.78 is 0. The van der Waals surface area contributed by atoms with Gasteiger partial charge in [-0.05, 0) is 44.9 Å². The van der Waals surface area contributed by atoms with Crippen molar-refractivity contribution in [2.75, 3.05) is 32.7 Å². The van der Waals surface area contributed by atoms with Gasteiger partial charge in [0.2, 0.25) is 0 Å². The van der Waals surface area contributed by atoms with Gasteiger partial charge in [0.1, 0.15) is 0 Å². The van der Waals surface area contributed by atoms with E-state index < -0.39 is 0 Å². The molecular formula is C16H36N2. The van der Waals surface area contributed by atoms with E-state index in [0.717, 1.165) is 12.5 Å². The monoisotopic (exact) mass is 256 g/mol. The zero-order chi connectivity index (χ0) is 13.6. The normalized spacial score (nSPS) is 11.7. The largest absolute Gasteiger partial charge is 0.317 e. The molecule has 0 unspecified atom stereocenters. The number of rotatable bonds is 13. The number of unbranched alkanes of at least 4 members (excludes halogenated alkanes) is 3. The summed E-state index contributed by atoms with van der Waals surface area (Å²) in [6.07, 6.45) is 8.15. The third-order valence-corrected chi connectivity index (χ3v) is 3.95. The molecule has 0 atom stereocenters. The Kier molecular flexibility index (Phi) is 13.3. The Bertz CT molecular complexity index is 155. The van der Waals surface area contributed by atoms with Crippen LogP contribution in [0.3, 0.4) is 0 Å². The Morgan fingerprint density at radius 1 is 0.889 bits per heavy atom. The predicted octanol–water partition coefficient (Wildman–Crippen LogP) is 3.91. The summed E-state index contributed by atoms with van der Waals surface area (Å²) in [6, 6.07) is 0. The summed E-state index contributed by atoms with van der Waals surface area (Å²) in [5, 5.41) is 3.39. The fourth-order valence-electron chi connectivity index (χ4n) is 2.41. The summed E-state index contributed by atoms with van der Waals surface area (Å²) in [4.78, 5) is 2.64. The Morgan fingerprint density at radius 2 is 1.56 bits per heavy atom. The molecule has 0 aromatic carbocycles. The lowest BCUT2D eigenvalue weighted by Crippen LogP contribution is -2.30. The van der Waals surface area contributed by atoms with E-state index in [1.807, 2.05) is 0 Å². The van der Waals surface area contributed by atoms with Crippen LogP contribution < -0.4 is 5.32 Å². The van der Waals surface area contributed by atoms with Crippen molar-refractivity contribution in [2.45, 2.75) is 66.2 Å². The van der Waals surface area contributed by atoms with Crippen molar-refractivity contribution < 1.29 is 0 Å². The molecule has 0 fully saturated rings. The lowest BCUT2D eigenvalue weighted by atomic mass is 10.0. The highest BCUT2D eigenvalue weighted by molar-refractivity contribution is 4.63. The van der Waals surface area contributed by atoms with E-state index in [2.05, 4.69) is 37.9 Å². The molecule has 0 heterocycles. The predicted molar refractivity (Wildman–Crippen MR) is 83.2 cm³/mol. The molecule has 18 heavy (non-hydrogen) atoms. The minimum absolute atomic E-state index is 0.902. The molecule has 0 aliphatic carbocycles. The van der Waals surface area contributed by atoms with Crippen LogP contribution >= 0.6 is 0 Å². The van der Waals surface area contributed by atoms with Gasteiger partial charge in [0.05, 0.1) is 0 Å². The van der Waals surface area contributed by atoms with Gasteiger partial charge in [-0.15, -0.1) is 0 Å². The maximum Gasteiger partial charge on any atom is 0.000934 e. The van der Waals surface area contributed by atoms with Crippen LogP contribution in [0.2, 0.25) is 0 Å². The second-order valence-electron chi connectivity index (χ2n) is 5.34. The van der Waals surface area contributed by atoms with Gasteiger partial charge in [0.25, 0.3) is 0 Å². The van der Waals surface area contributed by atoms with Gasteiger partial charge in [-0.1, -0.05) is 53.4 Å². The van der Waals surface area contributed by atoms with Crippen molar-refractivity contribution in [1.82, 2.24) is 10.2 Å². The van der Waals surface area contributed by atoms with Gasteiger partial charge in [0, 0.05) is 6.54 Å². The van der Waals surface area contributed by atoms with Crippen molar-refractivity contribution in [3.05, 3.63) is 0 Å². The lowest BCUT2D eigenvalue weighted by Gasteiger charge is -2.25. The molecule has 0 aromatic heterocycles. The fraction of sp³-hybridized carbons (Fsp3) is 1.00. The molecular weight excluding hydrogens is 220 g/mol. The lowest BCUT2D eigenvalue weighted by molar-refractivity contribution is 0.229. The van der Waals surface area contributed by atoms with Gasteiger partial charge >= 0.3 is 0 Å². The molecule has 0 aliphatic heterocycles. The van der Waals surface area contributed by atoms with Crippen LogP contribution in [0.5, 0.6) is 0 Å². The van der Waals surface area contributed by atoms with Crippen LogP contribution in [0.4, 0.5) is 0 Å². The van der Waals surface area contributed by atoms with Crippen LogP contribution in [0.15, 0.2) is 0 Å². The van der Waals surface area contributed by atoms with Gasteiger partial charge < -0.3 is 10.2 Å². The Hall–Kier alpha value is -0.0800. The summed E-state index contributed by atoms with van der Waals surface area (Å²) in [7, 11) is 0. The number of hydrogen-bond acceptors (Lipinski definition) is 2. The van der Waals surface area contributed by atoms with E-state index >= 15 is 0 Å². The van der Waals surface area contributed by atoms with Crippen molar-refractivity contribution in [3.8, 4) is 0 Å². The molecule has 2 nitrogen and oxygen atoms in total. The Labute approximate surface area is 116 Å². The van der Waals surface area contributed by atoms with Crippen molar-refractivity contribution in [2.24, 2.45) is 5.92 Å². The van der Waals surface area contributed by atoms with Gasteiger partial charge in [-0.2, -0.15) is 0 Å². The number of nitrogens with zero attached hydrogens (tertiary/aromatic N) is 1. The van der Waals surface area contributed by atoms with E-state index in [0.29, 0.717) is 0 Å². The molecule has 110 valence electrons. The SMILES string of the molecule is CCNCCCCCCN(CC)CC(CC)CC. The standard InChI is InChI=1S/C16H36N2/c1-5-16(6-2)15-18(8-4)14-12-10-9-11-13-17-7-3/h16-17H,5-15H2,1-4H3. The first-order chi connectivity index (χ1) is 8.78. The zero-order valence-electron chi connectivity index (χ0n) is 13.3. The summed E-state index contributed by atoms with van der Waals surface area (Å²) in [5.41, 5.74) is 0. The first-order valence-electron chi connectivity index (χ1n) is 8.21. The maximum absolute atomic E-state index is 3.39. The Balaban J connectivity index is 3.49. The molecule has 0 rings (SSSR count). The average Bonchev–Trinajstić information content (AvgIpc) is 2.41. The second kappa shape index (κ2) is 13.4. The van der Waals surface area contributed by atoms with Crippen LogP contribution in [-0.4, -0.2) is 37.6 Å². The minimum atomic E-state index is 0.902. The molecule has 0 spiro atoms. The molecule has 0 bridgehead atoms. The first kappa shape index (κ1) is 17.9. The third-order valence-electron chi connectivity index (χ3n) is 3.95. The van der Waals surface area contributed by atoms with E-state index in [1.54, 1.807) is 0 Å². The van der Waals surface area contributed by atoms with Gasteiger partial charge in [0.15, 0.2) is 0 Å². The first-order valence-corrected chi connectivity index (χ1v) is 8.21. The van der Waals surface area contributed by atoms with Crippen molar-refractivity contribution in [1.29, 1.82) is 0 Å². The average molecular weight is 256 g/mol.